The Hall–Kier alpha value is -3.28. The molecule has 0 saturated heterocycles. The summed E-state index contributed by atoms with van der Waals surface area (Å²) in [5, 5.41) is 2.86. The van der Waals surface area contributed by atoms with Crippen LogP contribution in [0.25, 0.3) is 10.9 Å². The van der Waals surface area contributed by atoms with Gasteiger partial charge in [0.1, 0.15) is 0 Å². The lowest BCUT2D eigenvalue weighted by Gasteiger charge is -2.19. The Bertz CT molecular complexity index is 1430. The third-order valence-corrected chi connectivity index (χ3v) is 7.65. The van der Waals surface area contributed by atoms with Gasteiger partial charge in [0.2, 0.25) is 15.9 Å². The van der Waals surface area contributed by atoms with Crippen molar-refractivity contribution in [2.75, 3.05) is 33.7 Å². The maximum Gasteiger partial charge on any atom is 0.330 e. The number of carbonyl (C=O) groups excluding carboxylic acids is 1. The van der Waals surface area contributed by atoms with E-state index in [2.05, 4.69) is 22.3 Å². The zero-order valence-corrected chi connectivity index (χ0v) is 21.2. The highest BCUT2D eigenvalue weighted by molar-refractivity contribution is 7.89. The van der Waals surface area contributed by atoms with Gasteiger partial charge in [-0.3, -0.25) is 18.7 Å². The third kappa shape index (κ3) is 6.05. The molecule has 2 aromatic carbocycles. The van der Waals surface area contributed by atoms with Gasteiger partial charge >= 0.3 is 5.69 Å². The SMILES string of the molecule is CN(CCCNC(=O)CN(C)S(=O)(=O)c1ccc2c(c1)c(=O)n(C)c(=O)n2C)Cc1ccccc1. The second kappa shape index (κ2) is 11.0. The number of sulfonamides is 1. The molecule has 0 spiro atoms. The Balaban J connectivity index is 1.58. The van der Waals surface area contributed by atoms with Crippen molar-refractivity contribution < 1.29 is 13.2 Å². The number of nitrogens with one attached hydrogen (secondary N) is 1. The Morgan fingerprint density at radius 3 is 2.37 bits per heavy atom. The fourth-order valence-electron chi connectivity index (χ4n) is 3.81. The van der Waals surface area contributed by atoms with Crippen molar-refractivity contribution in [3.63, 3.8) is 0 Å². The number of hydrogen-bond acceptors (Lipinski definition) is 6. The number of likely N-dealkylation sites (N-methyl/N-ethyl adjacent to an activating group) is 1. The van der Waals surface area contributed by atoms with Gasteiger partial charge < -0.3 is 10.2 Å². The summed E-state index contributed by atoms with van der Waals surface area (Å²) in [6.07, 6.45) is 0.720. The number of benzene rings is 2. The quantitative estimate of drug-likeness (QED) is 0.405. The number of nitrogens with zero attached hydrogens (tertiary/aromatic N) is 4. The molecule has 1 N–H and O–H groups in total. The van der Waals surface area contributed by atoms with Crippen LogP contribution in [0.5, 0.6) is 0 Å². The highest BCUT2D eigenvalue weighted by Gasteiger charge is 2.24. The molecule has 3 aromatic rings. The van der Waals surface area contributed by atoms with Crippen LogP contribution in [0.1, 0.15) is 12.0 Å². The minimum atomic E-state index is -4.03. The van der Waals surface area contributed by atoms with E-state index in [9.17, 15) is 22.8 Å². The van der Waals surface area contributed by atoms with Gasteiger partial charge in [0, 0.05) is 34.2 Å². The Kier molecular flexibility index (Phi) is 8.26. The number of amides is 1. The fraction of sp³-hybridized carbons (Fsp3) is 0.375. The number of fused-ring (bicyclic) bond motifs is 1. The van der Waals surface area contributed by atoms with Crippen molar-refractivity contribution in [1.29, 1.82) is 0 Å². The van der Waals surface area contributed by atoms with Gasteiger partial charge in [-0.15, -0.1) is 0 Å². The third-order valence-electron chi connectivity index (χ3n) is 5.85. The van der Waals surface area contributed by atoms with Crippen molar-refractivity contribution in [2.24, 2.45) is 14.1 Å². The molecule has 188 valence electrons. The Morgan fingerprint density at radius 1 is 1.00 bits per heavy atom. The first-order valence-electron chi connectivity index (χ1n) is 11.2. The standard InChI is InChI=1S/C24H31N5O5S/c1-26(16-18-9-6-5-7-10-18)14-8-13-25-22(30)17-27(2)35(33,34)19-11-12-21-20(15-19)23(31)29(4)24(32)28(21)3/h5-7,9-12,15H,8,13-14,16-17H2,1-4H3,(H,25,30). The van der Waals surface area contributed by atoms with Gasteiger partial charge in [-0.1, -0.05) is 30.3 Å². The summed E-state index contributed by atoms with van der Waals surface area (Å²) < 4.78 is 29.2. The molecule has 10 nitrogen and oxygen atoms in total. The molecule has 0 aliphatic carbocycles. The first-order chi connectivity index (χ1) is 16.5. The molecule has 0 bridgehead atoms. The molecule has 1 heterocycles. The van der Waals surface area contributed by atoms with E-state index in [4.69, 9.17) is 0 Å². The van der Waals surface area contributed by atoms with Gasteiger partial charge in [0.25, 0.3) is 5.56 Å². The van der Waals surface area contributed by atoms with E-state index >= 15 is 0 Å². The lowest BCUT2D eigenvalue weighted by molar-refractivity contribution is -0.121. The molecule has 0 radical (unpaired) electrons. The highest BCUT2D eigenvalue weighted by atomic mass is 32.2. The second-order valence-electron chi connectivity index (χ2n) is 8.57. The second-order valence-corrected chi connectivity index (χ2v) is 10.6. The predicted molar refractivity (Wildman–Crippen MR) is 135 cm³/mol. The van der Waals surface area contributed by atoms with Crippen LogP contribution in [0.3, 0.4) is 0 Å². The van der Waals surface area contributed by atoms with Gasteiger partial charge in [-0.05, 0) is 43.8 Å². The Labute approximate surface area is 204 Å². The number of rotatable bonds is 10. The van der Waals surface area contributed by atoms with E-state index in [0.717, 1.165) is 28.4 Å². The molecule has 0 aliphatic rings. The van der Waals surface area contributed by atoms with Crippen molar-refractivity contribution in [3.05, 3.63) is 74.9 Å². The number of carbonyl (C=O) groups is 1. The summed E-state index contributed by atoms with van der Waals surface area (Å²) in [7, 11) is 2.13. The fourth-order valence-corrected chi connectivity index (χ4v) is 4.96. The van der Waals surface area contributed by atoms with Crippen LogP contribution in [0.15, 0.2) is 63.0 Å². The first kappa shape index (κ1) is 26.3. The van der Waals surface area contributed by atoms with Gasteiger partial charge in [-0.25, -0.2) is 13.2 Å². The maximum absolute atomic E-state index is 13.0. The zero-order valence-electron chi connectivity index (χ0n) is 20.4. The summed E-state index contributed by atoms with van der Waals surface area (Å²) in [5.74, 6) is -0.416. The van der Waals surface area contributed by atoms with Crippen LogP contribution >= 0.6 is 0 Å². The van der Waals surface area contributed by atoms with E-state index in [-0.39, 0.29) is 16.8 Å². The molecule has 0 fully saturated rings. The summed E-state index contributed by atoms with van der Waals surface area (Å²) in [4.78, 5) is 39.0. The predicted octanol–water partition coefficient (Wildman–Crippen LogP) is 0.496. The van der Waals surface area contributed by atoms with Crippen LogP contribution < -0.4 is 16.6 Å². The molecule has 0 atom stereocenters. The van der Waals surface area contributed by atoms with Crippen molar-refractivity contribution in [3.8, 4) is 0 Å². The monoisotopic (exact) mass is 501 g/mol. The molecule has 0 saturated carbocycles. The molecule has 1 aromatic heterocycles. The largest absolute Gasteiger partial charge is 0.355 e. The van der Waals surface area contributed by atoms with E-state index < -0.39 is 27.2 Å². The molecule has 11 heteroatoms. The molecule has 35 heavy (non-hydrogen) atoms. The van der Waals surface area contributed by atoms with Gasteiger partial charge in [0.15, 0.2) is 0 Å². The van der Waals surface area contributed by atoms with Gasteiger partial charge in [-0.2, -0.15) is 4.31 Å². The molecular weight excluding hydrogens is 470 g/mol. The number of aromatic nitrogens is 2. The summed E-state index contributed by atoms with van der Waals surface area (Å²) in [5.41, 5.74) is 0.449. The smallest absolute Gasteiger partial charge is 0.330 e. The van der Waals surface area contributed by atoms with E-state index in [1.54, 1.807) is 0 Å². The van der Waals surface area contributed by atoms with Crippen LogP contribution in [0, 0.1) is 0 Å². The van der Waals surface area contributed by atoms with Crippen molar-refractivity contribution in [1.82, 2.24) is 23.7 Å². The lowest BCUT2D eigenvalue weighted by atomic mass is 10.2. The highest BCUT2D eigenvalue weighted by Crippen LogP contribution is 2.18. The minimum Gasteiger partial charge on any atom is -0.355 e. The normalized spacial score (nSPS) is 11.9. The van der Waals surface area contributed by atoms with Crippen molar-refractivity contribution in [2.45, 2.75) is 17.9 Å². The lowest BCUT2D eigenvalue weighted by Crippen LogP contribution is -2.39. The average molecular weight is 502 g/mol. The summed E-state index contributed by atoms with van der Waals surface area (Å²) in [6.45, 7) is 1.65. The van der Waals surface area contributed by atoms with Crippen LogP contribution in [-0.2, 0) is 35.5 Å². The Morgan fingerprint density at radius 2 is 1.69 bits per heavy atom. The molecule has 1 amide bonds. The minimum absolute atomic E-state index is 0.105. The molecule has 3 rings (SSSR count). The van der Waals surface area contributed by atoms with Crippen LogP contribution in [0.2, 0.25) is 0 Å². The summed E-state index contributed by atoms with van der Waals surface area (Å²) in [6, 6.07) is 14.1. The number of aryl methyl sites for hydroxylation is 1. The molecule has 0 unspecified atom stereocenters. The van der Waals surface area contributed by atoms with Crippen LogP contribution in [0.4, 0.5) is 0 Å². The topological polar surface area (TPSA) is 114 Å². The average Bonchev–Trinajstić information content (AvgIpc) is 2.84. The van der Waals surface area contributed by atoms with Crippen LogP contribution in [-0.4, -0.2) is 66.4 Å². The molecular formula is C24H31N5O5S. The number of hydrogen-bond donors (Lipinski definition) is 1. The van der Waals surface area contributed by atoms with Crippen molar-refractivity contribution >= 4 is 26.8 Å². The van der Waals surface area contributed by atoms with E-state index in [1.165, 1.54) is 49.5 Å². The maximum atomic E-state index is 13.0. The zero-order chi connectivity index (χ0) is 25.8. The van der Waals surface area contributed by atoms with E-state index in [1.807, 2.05) is 25.2 Å². The first-order valence-corrected chi connectivity index (χ1v) is 12.6. The van der Waals surface area contributed by atoms with Gasteiger partial charge in [0.05, 0.1) is 22.3 Å². The summed E-state index contributed by atoms with van der Waals surface area (Å²) >= 11 is 0. The molecule has 0 aliphatic heterocycles. The van der Waals surface area contributed by atoms with E-state index in [0.29, 0.717) is 12.1 Å².